The number of amides is 2. The highest BCUT2D eigenvalue weighted by Gasteiger charge is 2.35. The molecule has 1 aliphatic rings. The number of halogens is 3. The van der Waals surface area contributed by atoms with Gasteiger partial charge in [-0.05, 0) is 88.7 Å². The molecule has 1 saturated heterocycles. The first kappa shape index (κ1) is 25.9. The van der Waals surface area contributed by atoms with Gasteiger partial charge in [-0.3, -0.25) is 14.5 Å². The van der Waals surface area contributed by atoms with Gasteiger partial charge < -0.3 is 9.47 Å². The SMILES string of the molecule is CCOc1cc(/C=C2\SC(=O)N(Cc3ccccc3F)C2=O)cc(Br)c1OC(=O)c1ccc(Cl)cc1. The first-order chi connectivity index (χ1) is 17.3. The summed E-state index contributed by atoms with van der Waals surface area (Å²) in [5, 5.41) is -0.00230. The molecule has 36 heavy (non-hydrogen) atoms. The standard InChI is InChI=1S/C26H18BrClFNO5S/c1-2-34-21-12-15(11-19(27)23(21)35-25(32)16-7-9-18(28)10-8-16)13-22-24(31)30(26(33)36-22)14-17-5-3-4-6-20(17)29/h3-13H,2,14H2,1H3/b22-13-. The zero-order valence-electron chi connectivity index (χ0n) is 18.8. The molecule has 0 aliphatic carbocycles. The molecule has 2 amide bonds. The van der Waals surface area contributed by atoms with E-state index in [0.29, 0.717) is 27.2 Å². The number of carbonyl (C=O) groups is 3. The molecule has 184 valence electrons. The monoisotopic (exact) mass is 589 g/mol. The summed E-state index contributed by atoms with van der Waals surface area (Å²) in [4.78, 5) is 39.2. The fraction of sp³-hybridized carbons (Fsp3) is 0.115. The van der Waals surface area contributed by atoms with Crippen LogP contribution in [0.4, 0.5) is 9.18 Å². The number of nitrogens with zero attached hydrogens (tertiary/aromatic N) is 1. The number of thioether (sulfide) groups is 1. The lowest BCUT2D eigenvalue weighted by Crippen LogP contribution is -2.27. The van der Waals surface area contributed by atoms with Crippen LogP contribution in [0, 0.1) is 5.82 Å². The van der Waals surface area contributed by atoms with Crippen molar-refractivity contribution in [2.24, 2.45) is 0 Å². The maximum atomic E-state index is 14.0. The maximum absolute atomic E-state index is 14.0. The Balaban J connectivity index is 1.59. The van der Waals surface area contributed by atoms with E-state index in [1.807, 2.05) is 0 Å². The van der Waals surface area contributed by atoms with Crippen LogP contribution < -0.4 is 9.47 Å². The summed E-state index contributed by atoms with van der Waals surface area (Å²) in [5.41, 5.74) is 1.09. The number of benzene rings is 3. The summed E-state index contributed by atoms with van der Waals surface area (Å²) in [6.45, 7) is 1.90. The van der Waals surface area contributed by atoms with Gasteiger partial charge in [0.2, 0.25) is 0 Å². The first-order valence-corrected chi connectivity index (χ1v) is 12.7. The van der Waals surface area contributed by atoms with Gasteiger partial charge in [0.05, 0.1) is 28.1 Å². The molecule has 1 aliphatic heterocycles. The van der Waals surface area contributed by atoms with Gasteiger partial charge in [-0.15, -0.1) is 0 Å². The lowest BCUT2D eigenvalue weighted by Gasteiger charge is -2.14. The average Bonchev–Trinajstić information content (AvgIpc) is 3.10. The topological polar surface area (TPSA) is 72.9 Å². The Hall–Kier alpha value is -3.14. The molecule has 0 radical (unpaired) electrons. The van der Waals surface area contributed by atoms with Crippen molar-refractivity contribution < 1.29 is 28.2 Å². The van der Waals surface area contributed by atoms with E-state index < -0.39 is 22.9 Å². The quantitative estimate of drug-likeness (QED) is 0.166. The molecular formula is C26H18BrClFNO5S. The second kappa shape index (κ2) is 11.3. The molecule has 0 bridgehead atoms. The van der Waals surface area contributed by atoms with Gasteiger partial charge in [-0.2, -0.15) is 0 Å². The molecule has 10 heteroatoms. The van der Waals surface area contributed by atoms with Gasteiger partial charge in [0, 0.05) is 10.6 Å². The van der Waals surface area contributed by atoms with E-state index in [9.17, 15) is 18.8 Å². The third-order valence-corrected chi connectivity index (χ3v) is 6.81. The number of rotatable bonds is 7. The molecular weight excluding hydrogens is 573 g/mol. The lowest BCUT2D eigenvalue weighted by molar-refractivity contribution is -0.123. The van der Waals surface area contributed by atoms with Crippen LogP contribution in [0.1, 0.15) is 28.4 Å². The van der Waals surface area contributed by atoms with E-state index in [1.165, 1.54) is 24.3 Å². The number of imide groups is 1. The van der Waals surface area contributed by atoms with Crippen molar-refractivity contribution in [2.45, 2.75) is 13.5 Å². The summed E-state index contributed by atoms with van der Waals surface area (Å²) in [6, 6.07) is 15.5. The molecule has 0 unspecified atom stereocenters. The molecule has 1 heterocycles. The number of esters is 1. The zero-order valence-corrected chi connectivity index (χ0v) is 22.0. The lowest BCUT2D eigenvalue weighted by atomic mass is 10.1. The summed E-state index contributed by atoms with van der Waals surface area (Å²) in [6.07, 6.45) is 1.53. The van der Waals surface area contributed by atoms with Crippen molar-refractivity contribution in [3.8, 4) is 11.5 Å². The molecule has 3 aromatic carbocycles. The van der Waals surface area contributed by atoms with Crippen LogP contribution in [0.25, 0.3) is 6.08 Å². The zero-order chi connectivity index (χ0) is 25.8. The molecule has 0 aromatic heterocycles. The van der Waals surface area contributed by atoms with E-state index in [4.69, 9.17) is 21.1 Å². The van der Waals surface area contributed by atoms with E-state index >= 15 is 0 Å². The van der Waals surface area contributed by atoms with Crippen LogP contribution in [-0.2, 0) is 11.3 Å². The van der Waals surface area contributed by atoms with Gasteiger partial charge in [0.15, 0.2) is 11.5 Å². The maximum Gasteiger partial charge on any atom is 0.343 e. The van der Waals surface area contributed by atoms with E-state index in [2.05, 4.69) is 15.9 Å². The number of hydrogen-bond acceptors (Lipinski definition) is 6. The normalized spacial score (nSPS) is 14.4. The van der Waals surface area contributed by atoms with Crippen LogP contribution in [0.15, 0.2) is 70.0 Å². The van der Waals surface area contributed by atoms with Crippen molar-refractivity contribution >= 4 is 62.5 Å². The van der Waals surface area contributed by atoms with Gasteiger partial charge in [-0.25, -0.2) is 9.18 Å². The molecule has 3 aromatic rings. The molecule has 4 rings (SSSR count). The van der Waals surface area contributed by atoms with Crippen LogP contribution >= 0.6 is 39.3 Å². The van der Waals surface area contributed by atoms with Gasteiger partial charge in [-0.1, -0.05) is 29.8 Å². The summed E-state index contributed by atoms with van der Waals surface area (Å²) < 4.78 is 25.7. The van der Waals surface area contributed by atoms with Crippen LogP contribution in [0.3, 0.4) is 0 Å². The first-order valence-electron chi connectivity index (χ1n) is 10.7. The third kappa shape index (κ3) is 5.80. The second-order valence-corrected chi connectivity index (χ2v) is 9.80. The third-order valence-electron chi connectivity index (χ3n) is 5.06. The van der Waals surface area contributed by atoms with Crippen LogP contribution in [-0.4, -0.2) is 28.6 Å². The van der Waals surface area contributed by atoms with Gasteiger partial charge in [0.1, 0.15) is 5.82 Å². The highest BCUT2D eigenvalue weighted by atomic mass is 79.9. The fourth-order valence-corrected chi connectivity index (χ4v) is 4.86. The molecule has 0 N–H and O–H groups in total. The van der Waals surface area contributed by atoms with Gasteiger partial charge in [0.25, 0.3) is 11.1 Å². The van der Waals surface area contributed by atoms with Crippen LogP contribution in [0.5, 0.6) is 11.5 Å². The number of ether oxygens (including phenoxy) is 2. The summed E-state index contributed by atoms with van der Waals surface area (Å²) in [7, 11) is 0. The van der Waals surface area contributed by atoms with Crippen molar-refractivity contribution in [1.82, 2.24) is 4.90 Å². The highest BCUT2D eigenvalue weighted by molar-refractivity contribution is 9.10. The van der Waals surface area contributed by atoms with E-state index in [1.54, 1.807) is 49.4 Å². The average molecular weight is 591 g/mol. The Kier molecular flexibility index (Phi) is 8.13. The van der Waals surface area contributed by atoms with Crippen molar-refractivity contribution in [3.63, 3.8) is 0 Å². The molecule has 0 atom stereocenters. The van der Waals surface area contributed by atoms with E-state index in [-0.39, 0.29) is 28.5 Å². The highest BCUT2D eigenvalue weighted by Crippen LogP contribution is 2.40. The Morgan fingerprint density at radius 2 is 1.86 bits per heavy atom. The Morgan fingerprint density at radius 1 is 1.14 bits per heavy atom. The minimum atomic E-state index is -0.602. The van der Waals surface area contributed by atoms with Crippen molar-refractivity contribution in [2.75, 3.05) is 6.61 Å². The van der Waals surface area contributed by atoms with Crippen LogP contribution in [0.2, 0.25) is 5.02 Å². The molecule has 1 fully saturated rings. The number of carbonyl (C=O) groups excluding carboxylic acids is 3. The molecule has 0 saturated carbocycles. The Bertz CT molecular complexity index is 1380. The van der Waals surface area contributed by atoms with Crippen molar-refractivity contribution in [3.05, 3.63) is 97.6 Å². The largest absolute Gasteiger partial charge is 0.490 e. The Labute approximate surface area is 224 Å². The molecule has 0 spiro atoms. The van der Waals surface area contributed by atoms with Gasteiger partial charge >= 0.3 is 5.97 Å². The van der Waals surface area contributed by atoms with Crippen molar-refractivity contribution in [1.29, 1.82) is 0 Å². The predicted molar refractivity (Wildman–Crippen MR) is 140 cm³/mol. The second-order valence-electron chi connectivity index (χ2n) is 7.52. The molecule has 6 nitrogen and oxygen atoms in total. The Morgan fingerprint density at radius 3 is 2.56 bits per heavy atom. The summed E-state index contributed by atoms with van der Waals surface area (Å²) >= 11 is 10.0. The predicted octanol–water partition coefficient (Wildman–Crippen LogP) is 7.10. The smallest absolute Gasteiger partial charge is 0.343 e. The minimum absolute atomic E-state index is 0.165. The summed E-state index contributed by atoms with van der Waals surface area (Å²) in [5.74, 6) is -1.18. The minimum Gasteiger partial charge on any atom is -0.490 e. The fourth-order valence-electron chi connectivity index (χ4n) is 3.36. The number of hydrogen-bond donors (Lipinski definition) is 0. The van der Waals surface area contributed by atoms with E-state index in [0.717, 1.165) is 16.7 Å².